The average molecular weight is 578 g/mol. The Balaban J connectivity index is 1.56. The molecule has 1 aliphatic carbocycles. The molecule has 0 aliphatic heterocycles. The van der Waals surface area contributed by atoms with E-state index < -0.39 is 35.0 Å². The van der Waals surface area contributed by atoms with Crippen LogP contribution in [-0.4, -0.2) is 44.9 Å². The van der Waals surface area contributed by atoms with Crippen LogP contribution in [0, 0.1) is 18.6 Å². The zero-order valence-corrected chi connectivity index (χ0v) is 23.1. The number of rotatable bonds is 7. The van der Waals surface area contributed by atoms with Gasteiger partial charge in [0.25, 0.3) is 0 Å². The molecule has 0 radical (unpaired) electrons. The molecule has 1 fully saturated rings. The van der Waals surface area contributed by atoms with Crippen LogP contribution in [0.3, 0.4) is 0 Å². The molecule has 0 unspecified atom stereocenters. The van der Waals surface area contributed by atoms with Crippen molar-refractivity contribution in [3.8, 4) is 11.4 Å². The van der Waals surface area contributed by atoms with Crippen LogP contribution in [0.4, 0.5) is 19.3 Å². The summed E-state index contributed by atoms with van der Waals surface area (Å²) in [5, 5.41) is 7.27. The largest absolute Gasteiger partial charge is 0.496 e. The molecular formula is C30H29F2N5O5. The molecule has 12 heteroatoms. The van der Waals surface area contributed by atoms with E-state index in [2.05, 4.69) is 10.4 Å². The van der Waals surface area contributed by atoms with E-state index in [1.54, 1.807) is 19.1 Å². The summed E-state index contributed by atoms with van der Waals surface area (Å²) in [7, 11) is 1.42. The van der Waals surface area contributed by atoms with Crippen LogP contribution < -0.4 is 15.3 Å². The van der Waals surface area contributed by atoms with Crippen molar-refractivity contribution in [2.75, 3.05) is 12.0 Å². The Bertz CT molecular complexity index is 1640. The van der Waals surface area contributed by atoms with Crippen LogP contribution in [-0.2, 0) is 11.3 Å². The third-order valence-electron chi connectivity index (χ3n) is 7.35. The molecule has 218 valence electrons. The normalized spacial score (nSPS) is 13.5. The second-order valence-electron chi connectivity index (χ2n) is 9.95. The van der Waals surface area contributed by atoms with Crippen molar-refractivity contribution in [1.82, 2.24) is 19.8 Å². The second kappa shape index (κ2) is 12.3. The monoisotopic (exact) mass is 577 g/mol. The number of ether oxygens (including phenoxy) is 2. The van der Waals surface area contributed by atoms with E-state index in [1.165, 1.54) is 12.0 Å². The minimum atomic E-state index is -1.14. The highest BCUT2D eigenvalue weighted by atomic mass is 19.1. The Morgan fingerprint density at radius 3 is 2.31 bits per heavy atom. The summed E-state index contributed by atoms with van der Waals surface area (Å²) in [6.45, 7) is 1.69. The van der Waals surface area contributed by atoms with Crippen LogP contribution in [0.2, 0.25) is 0 Å². The first-order chi connectivity index (χ1) is 20.3. The lowest BCUT2D eigenvalue weighted by molar-refractivity contribution is 0.0468. The van der Waals surface area contributed by atoms with E-state index in [9.17, 15) is 23.2 Å². The van der Waals surface area contributed by atoms with Gasteiger partial charge in [-0.15, -0.1) is 4.68 Å². The van der Waals surface area contributed by atoms with Crippen molar-refractivity contribution in [2.45, 2.75) is 51.7 Å². The van der Waals surface area contributed by atoms with Crippen molar-refractivity contribution in [3.63, 3.8) is 0 Å². The molecule has 0 spiro atoms. The number of halogens is 2. The number of carbonyl (C=O) groups excluding carboxylic acids is 2. The second-order valence-corrected chi connectivity index (χ2v) is 9.95. The number of nitrogens with zero attached hydrogens (tertiary/aromatic N) is 5. The number of hydrogen-bond acceptors (Lipinski definition) is 7. The van der Waals surface area contributed by atoms with E-state index in [-0.39, 0.29) is 24.0 Å². The third kappa shape index (κ3) is 5.52. The maximum absolute atomic E-state index is 14.4. The van der Waals surface area contributed by atoms with Crippen LogP contribution in [0.1, 0.15) is 53.6 Å². The minimum absolute atomic E-state index is 0.0306. The molecule has 1 amide bonds. The van der Waals surface area contributed by atoms with E-state index in [1.807, 2.05) is 30.3 Å². The number of para-hydroxylation sites is 1. The van der Waals surface area contributed by atoms with Crippen molar-refractivity contribution in [1.29, 1.82) is 0 Å². The number of amides is 1. The Morgan fingerprint density at radius 2 is 1.64 bits per heavy atom. The van der Waals surface area contributed by atoms with Gasteiger partial charge in [0.2, 0.25) is 0 Å². The number of hydrogen-bond donors (Lipinski definition) is 0. The molecule has 1 aromatic heterocycles. The average Bonchev–Trinajstić information content (AvgIpc) is 3.38. The lowest BCUT2D eigenvalue weighted by Crippen LogP contribution is -2.48. The van der Waals surface area contributed by atoms with Crippen LogP contribution in [0.5, 0.6) is 5.75 Å². The number of carbonyl (C=O) groups is 2. The van der Waals surface area contributed by atoms with Crippen molar-refractivity contribution in [2.24, 2.45) is 0 Å². The number of methoxy groups -OCH3 is 1. The SMILES string of the molecule is COc1ccc(N(C(=O)n2nnn(-c3c(F)cccc3F)c2=O)C2CCCCC2)c(C)c1C(=O)OCc1ccccc1. The molecule has 1 heterocycles. The van der Waals surface area contributed by atoms with E-state index in [4.69, 9.17) is 9.47 Å². The first-order valence-electron chi connectivity index (χ1n) is 13.5. The van der Waals surface area contributed by atoms with Crippen LogP contribution in [0.15, 0.2) is 65.5 Å². The van der Waals surface area contributed by atoms with Gasteiger partial charge in [0, 0.05) is 11.7 Å². The first kappa shape index (κ1) is 28.7. The molecule has 0 bridgehead atoms. The molecule has 1 saturated carbocycles. The number of anilines is 1. The minimum Gasteiger partial charge on any atom is -0.496 e. The van der Waals surface area contributed by atoms with Crippen LogP contribution >= 0.6 is 0 Å². The van der Waals surface area contributed by atoms with Crippen molar-refractivity contribution < 1.29 is 27.8 Å². The Labute approximate surface area is 240 Å². The summed E-state index contributed by atoms with van der Waals surface area (Å²) in [5.74, 6) is -2.47. The zero-order valence-electron chi connectivity index (χ0n) is 23.1. The number of tetrazole rings is 1. The maximum Gasteiger partial charge on any atom is 0.377 e. The summed E-state index contributed by atoms with van der Waals surface area (Å²) in [6, 6.07) is 14.2. The molecule has 0 saturated heterocycles. The fourth-order valence-corrected chi connectivity index (χ4v) is 5.25. The highest BCUT2D eigenvalue weighted by molar-refractivity contribution is 6.00. The van der Waals surface area contributed by atoms with Gasteiger partial charge in [0.05, 0.1) is 7.11 Å². The molecular weight excluding hydrogens is 548 g/mol. The molecule has 42 heavy (non-hydrogen) atoms. The molecule has 3 aromatic carbocycles. The smallest absolute Gasteiger partial charge is 0.377 e. The lowest BCUT2D eigenvalue weighted by atomic mass is 9.93. The number of benzene rings is 3. The molecule has 4 aromatic rings. The summed E-state index contributed by atoms with van der Waals surface area (Å²) in [5.41, 5.74) is -0.214. The third-order valence-corrected chi connectivity index (χ3v) is 7.35. The van der Waals surface area contributed by atoms with Crippen molar-refractivity contribution in [3.05, 3.63) is 99.5 Å². The molecule has 10 nitrogen and oxygen atoms in total. The highest BCUT2D eigenvalue weighted by Gasteiger charge is 2.34. The summed E-state index contributed by atoms with van der Waals surface area (Å²) in [6.07, 6.45) is 3.95. The summed E-state index contributed by atoms with van der Waals surface area (Å²) < 4.78 is 40.8. The Hall–Kier alpha value is -4.87. The van der Waals surface area contributed by atoms with Crippen LogP contribution in [0.25, 0.3) is 5.69 Å². The summed E-state index contributed by atoms with van der Waals surface area (Å²) >= 11 is 0. The van der Waals surface area contributed by atoms with E-state index >= 15 is 0 Å². The molecule has 5 rings (SSSR count). The standard InChI is InChI=1S/C30H29F2N5O5/c1-19-24(16-17-25(41-2)26(19)28(38)42-18-20-10-5-3-6-11-20)35(21-12-7-4-8-13-21)29(39)37-30(40)36(33-34-37)27-22(31)14-9-15-23(27)32/h3,5-6,9-11,14-17,21H,4,7-8,12-13,18H2,1-2H3. The Kier molecular flexibility index (Phi) is 8.41. The molecule has 1 aliphatic rings. The van der Waals surface area contributed by atoms with Gasteiger partial charge in [-0.1, -0.05) is 55.7 Å². The molecule has 0 N–H and O–H groups in total. The van der Waals surface area contributed by atoms with Gasteiger partial charge >= 0.3 is 17.7 Å². The van der Waals surface area contributed by atoms with E-state index in [0.29, 0.717) is 33.5 Å². The fourth-order valence-electron chi connectivity index (χ4n) is 5.25. The van der Waals surface area contributed by atoms with Gasteiger partial charge < -0.3 is 9.47 Å². The summed E-state index contributed by atoms with van der Waals surface area (Å²) in [4.78, 5) is 42.0. The van der Waals surface area contributed by atoms with Gasteiger partial charge in [-0.05, 0) is 65.6 Å². The predicted octanol–water partition coefficient (Wildman–Crippen LogP) is 5.19. The van der Waals surface area contributed by atoms with Gasteiger partial charge in [-0.25, -0.2) is 23.2 Å². The maximum atomic E-state index is 14.4. The molecule has 0 atom stereocenters. The van der Waals surface area contributed by atoms with E-state index in [0.717, 1.165) is 43.0 Å². The van der Waals surface area contributed by atoms with Gasteiger partial charge in [-0.2, -0.15) is 4.68 Å². The van der Waals surface area contributed by atoms with Gasteiger partial charge in [-0.3, -0.25) is 4.90 Å². The first-order valence-corrected chi connectivity index (χ1v) is 13.5. The fraction of sp³-hybridized carbons (Fsp3) is 0.300. The van der Waals surface area contributed by atoms with Crippen molar-refractivity contribution >= 4 is 17.7 Å². The predicted molar refractivity (Wildman–Crippen MR) is 149 cm³/mol. The lowest BCUT2D eigenvalue weighted by Gasteiger charge is -2.35. The zero-order chi connectivity index (χ0) is 29.8. The van der Waals surface area contributed by atoms with Gasteiger partial charge in [0.1, 0.15) is 23.6 Å². The number of esters is 1. The Morgan fingerprint density at radius 1 is 0.952 bits per heavy atom. The quantitative estimate of drug-likeness (QED) is 0.220. The number of aromatic nitrogens is 4. The van der Waals surface area contributed by atoms with Gasteiger partial charge in [0.15, 0.2) is 11.6 Å². The topological polar surface area (TPSA) is 109 Å². The highest BCUT2D eigenvalue weighted by Crippen LogP contribution is 2.35.